The Balaban J connectivity index is 0.00000480. The maximum atomic E-state index is 13.3. The van der Waals surface area contributed by atoms with Gasteiger partial charge in [0.05, 0.1) is 28.2 Å². The fourth-order valence-electron chi connectivity index (χ4n) is 2.90. The normalized spacial score (nSPS) is 12.5. The molecule has 0 aromatic heterocycles. The van der Waals surface area contributed by atoms with Gasteiger partial charge in [-0.3, -0.25) is 0 Å². The minimum Gasteiger partial charge on any atom is -0.465 e. The molecule has 0 saturated heterocycles. The lowest BCUT2D eigenvalue weighted by molar-refractivity contribution is -0.139. The molecule has 0 radical (unpaired) electrons. The van der Waals surface area contributed by atoms with E-state index in [0.29, 0.717) is 23.3 Å². The van der Waals surface area contributed by atoms with E-state index in [1.165, 1.54) is 30.5 Å². The smallest absolute Gasteiger partial charge is 0.417 e. The van der Waals surface area contributed by atoms with Gasteiger partial charge < -0.3 is 9.47 Å². The molecule has 0 bridgehead atoms. The van der Waals surface area contributed by atoms with Crippen LogP contribution in [0.1, 0.15) is 44.4 Å². The molecule has 2 aromatic carbocycles. The lowest BCUT2D eigenvalue weighted by atomic mass is 10.0. The first-order valence-corrected chi connectivity index (χ1v) is 10.7. The van der Waals surface area contributed by atoms with Crippen LogP contribution < -0.4 is 0 Å². The molecular formula is C23H27F3O4S. The van der Waals surface area contributed by atoms with Crippen molar-refractivity contribution in [1.82, 2.24) is 0 Å². The summed E-state index contributed by atoms with van der Waals surface area (Å²) >= 11 is 0. The van der Waals surface area contributed by atoms with Crippen molar-refractivity contribution in [1.29, 1.82) is 0 Å². The van der Waals surface area contributed by atoms with Gasteiger partial charge in [-0.1, -0.05) is 39.1 Å². The maximum Gasteiger partial charge on any atom is 0.417 e. The van der Waals surface area contributed by atoms with Gasteiger partial charge in [0.25, 0.3) is 5.95 Å². The minimum absolute atomic E-state index is 0. The predicted octanol–water partition coefficient (Wildman–Crippen LogP) is 6.76. The molecule has 4 nitrogen and oxygen atoms in total. The lowest BCUT2D eigenvalue weighted by Crippen LogP contribution is -2.13. The van der Waals surface area contributed by atoms with Crippen LogP contribution in [0, 0.1) is 6.92 Å². The van der Waals surface area contributed by atoms with E-state index in [4.69, 9.17) is 9.47 Å². The van der Waals surface area contributed by atoms with E-state index in [9.17, 15) is 21.6 Å². The third-order valence-electron chi connectivity index (χ3n) is 4.33. The number of halogens is 3. The van der Waals surface area contributed by atoms with Gasteiger partial charge in [0.1, 0.15) is 0 Å². The number of allylic oxidation sites excluding steroid dienone is 1. The van der Waals surface area contributed by atoms with Crippen LogP contribution >= 0.6 is 0 Å². The number of aryl methyl sites for hydroxylation is 1. The third kappa shape index (κ3) is 5.91. The predicted molar refractivity (Wildman–Crippen MR) is 115 cm³/mol. The van der Waals surface area contributed by atoms with Crippen LogP contribution in [0.4, 0.5) is 13.2 Å². The molecule has 0 amide bonds. The van der Waals surface area contributed by atoms with Crippen molar-refractivity contribution in [2.45, 2.75) is 50.6 Å². The highest BCUT2D eigenvalue weighted by molar-refractivity contribution is 7.91. The Hall–Kier alpha value is -2.74. The number of ether oxygens (including phenoxy) is 2. The molecule has 0 N–H and O–H groups in total. The first-order valence-electron chi connectivity index (χ1n) is 9.17. The highest BCUT2D eigenvalue weighted by Gasteiger charge is 2.37. The standard InChI is InChI=1S/C22H23F3O4S.CH4/c1-5-13-29-21(28-6-2)16(4)18-12-11-17(14-15(18)3)30(26,27)20-10-8-7-9-19(20)22(23,24)25;/h6-12,14H,2,5,13H2,1,3-4H3;1H4/b21-16+;. The van der Waals surface area contributed by atoms with Gasteiger partial charge in [-0.25, -0.2) is 8.42 Å². The van der Waals surface area contributed by atoms with Crippen LogP contribution in [0.2, 0.25) is 0 Å². The van der Waals surface area contributed by atoms with Crippen molar-refractivity contribution < 1.29 is 31.1 Å². The lowest BCUT2D eigenvalue weighted by Gasteiger charge is -2.16. The van der Waals surface area contributed by atoms with Crippen LogP contribution in [0.3, 0.4) is 0 Å². The van der Waals surface area contributed by atoms with Gasteiger partial charge in [0.15, 0.2) is 0 Å². The molecule has 8 heteroatoms. The summed E-state index contributed by atoms with van der Waals surface area (Å²) in [6, 6.07) is 8.27. The first kappa shape index (κ1) is 26.3. The molecule has 0 aliphatic rings. The quantitative estimate of drug-likeness (QED) is 0.412. The molecule has 170 valence electrons. The Kier molecular flexibility index (Phi) is 8.93. The molecule has 0 atom stereocenters. The maximum absolute atomic E-state index is 13.3. The largest absolute Gasteiger partial charge is 0.465 e. The summed E-state index contributed by atoms with van der Waals surface area (Å²) in [6.07, 6.45) is -2.81. The minimum atomic E-state index is -4.79. The zero-order chi connectivity index (χ0) is 22.5. The van der Waals surface area contributed by atoms with E-state index < -0.39 is 26.5 Å². The molecule has 31 heavy (non-hydrogen) atoms. The molecule has 0 spiro atoms. The number of hydrogen-bond acceptors (Lipinski definition) is 4. The van der Waals surface area contributed by atoms with Gasteiger partial charge in [0.2, 0.25) is 9.84 Å². The van der Waals surface area contributed by atoms with Crippen molar-refractivity contribution >= 4 is 15.4 Å². The van der Waals surface area contributed by atoms with Crippen LogP contribution in [-0.4, -0.2) is 15.0 Å². The topological polar surface area (TPSA) is 52.6 Å². The Morgan fingerprint density at radius 3 is 2.35 bits per heavy atom. The SMILES string of the molecule is C.C=CO/C(OCCC)=C(/C)c1ccc(S(=O)(=O)c2ccccc2C(F)(F)F)cc1C. The Labute approximate surface area is 181 Å². The number of alkyl halides is 3. The molecule has 0 fully saturated rings. The van der Waals surface area contributed by atoms with E-state index >= 15 is 0 Å². The van der Waals surface area contributed by atoms with Crippen molar-refractivity contribution in [3.05, 3.63) is 77.9 Å². The second-order valence-corrected chi connectivity index (χ2v) is 8.44. The summed E-state index contributed by atoms with van der Waals surface area (Å²) in [5, 5.41) is 0. The fourth-order valence-corrected chi connectivity index (χ4v) is 4.46. The Morgan fingerprint density at radius 2 is 1.81 bits per heavy atom. The molecule has 0 saturated carbocycles. The summed E-state index contributed by atoms with van der Waals surface area (Å²) < 4.78 is 76.7. The van der Waals surface area contributed by atoms with Gasteiger partial charge in [0, 0.05) is 5.57 Å². The summed E-state index contributed by atoms with van der Waals surface area (Å²) in [7, 11) is -4.38. The zero-order valence-electron chi connectivity index (χ0n) is 16.9. The summed E-state index contributed by atoms with van der Waals surface area (Å²) in [5.74, 6) is 0.230. The molecule has 0 aliphatic carbocycles. The number of hydrogen-bond donors (Lipinski definition) is 0. The number of sulfone groups is 1. The summed E-state index contributed by atoms with van der Waals surface area (Å²) in [5.41, 5.74) is 0.604. The van der Waals surface area contributed by atoms with E-state index in [0.717, 1.165) is 24.6 Å². The van der Waals surface area contributed by atoms with Crippen molar-refractivity contribution in [3.8, 4) is 0 Å². The molecular weight excluding hydrogens is 429 g/mol. The first-order chi connectivity index (χ1) is 14.0. The monoisotopic (exact) mass is 456 g/mol. The third-order valence-corrected chi connectivity index (χ3v) is 6.14. The van der Waals surface area contributed by atoms with E-state index in [2.05, 4.69) is 6.58 Å². The second-order valence-electron chi connectivity index (χ2n) is 6.52. The van der Waals surface area contributed by atoms with Gasteiger partial charge in [-0.15, -0.1) is 0 Å². The van der Waals surface area contributed by atoms with Crippen molar-refractivity contribution in [2.24, 2.45) is 0 Å². The summed E-state index contributed by atoms with van der Waals surface area (Å²) in [6.45, 7) is 9.27. The van der Waals surface area contributed by atoms with E-state index in [-0.39, 0.29) is 18.3 Å². The van der Waals surface area contributed by atoms with Crippen LogP contribution in [-0.2, 0) is 25.5 Å². The summed E-state index contributed by atoms with van der Waals surface area (Å²) in [4.78, 5) is -1.01. The molecule has 2 rings (SSSR count). The number of benzene rings is 2. The molecule has 0 heterocycles. The fraction of sp³-hybridized carbons (Fsp3) is 0.304. The zero-order valence-corrected chi connectivity index (χ0v) is 17.7. The van der Waals surface area contributed by atoms with Crippen LogP contribution in [0.15, 0.2) is 71.0 Å². The average molecular weight is 457 g/mol. The average Bonchev–Trinajstić information content (AvgIpc) is 2.70. The highest BCUT2D eigenvalue weighted by Crippen LogP contribution is 2.37. The van der Waals surface area contributed by atoms with Crippen molar-refractivity contribution in [2.75, 3.05) is 6.61 Å². The van der Waals surface area contributed by atoms with Crippen LogP contribution in [0.5, 0.6) is 0 Å². The molecule has 0 aliphatic heterocycles. The van der Waals surface area contributed by atoms with Gasteiger partial charge in [-0.05, 0) is 55.7 Å². The highest BCUT2D eigenvalue weighted by atomic mass is 32.2. The second kappa shape index (κ2) is 10.5. The van der Waals surface area contributed by atoms with Crippen molar-refractivity contribution in [3.63, 3.8) is 0 Å². The van der Waals surface area contributed by atoms with E-state index in [1.54, 1.807) is 13.8 Å². The Bertz CT molecular complexity index is 1050. The molecule has 2 aromatic rings. The molecule has 0 unspecified atom stereocenters. The van der Waals surface area contributed by atoms with E-state index in [1.807, 2.05) is 6.92 Å². The Morgan fingerprint density at radius 1 is 1.16 bits per heavy atom. The van der Waals surface area contributed by atoms with Gasteiger partial charge >= 0.3 is 6.18 Å². The number of rotatable bonds is 8. The van der Waals surface area contributed by atoms with Gasteiger partial charge in [-0.2, -0.15) is 13.2 Å². The van der Waals surface area contributed by atoms with Crippen LogP contribution in [0.25, 0.3) is 5.57 Å².